The lowest BCUT2D eigenvalue weighted by Crippen LogP contribution is -2.51. The number of amides is 1. The van der Waals surface area contributed by atoms with E-state index in [-0.39, 0.29) is 29.8 Å². The molecule has 13 heteroatoms. The van der Waals surface area contributed by atoms with Crippen LogP contribution in [0.25, 0.3) is 0 Å². The van der Waals surface area contributed by atoms with E-state index in [2.05, 4.69) is 41.9 Å². The van der Waals surface area contributed by atoms with Crippen molar-refractivity contribution >= 4 is 27.6 Å². The molecular weight excluding hydrogens is 585 g/mol. The molecule has 0 radical (unpaired) electrons. The highest BCUT2D eigenvalue weighted by atomic mass is 32.2. The minimum absolute atomic E-state index is 0.0355. The Kier molecular flexibility index (Phi) is 9.75. The maximum atomic E-state index is 13.8. The number of piperazine rings is 1. The molecule has 2 fully saturated rings. The van der Waals surface area contributed by atoms with Crippen LogP contribution in [-0.4, -0.2) is 85.0 Å². The van der Waals surface area contributed by atoms with Crippen LogP contribution < -0.4 is 4.90 Å². The van der Waals surface area contributed by atoms with E-state index in [1.807, 2.05) is 35.2 Å². The number of carbonyl (C=O) groups is 2. The number of carboxylic acid groups (broad SMARTS) is 1. The number of carbonyl (C=O) groups excluding carboxylic acids is 1. The minimum atomic E-state index is -5.08. The number of sulfonamides is 1. The van der Waals surface area contributed by atoms with Crippen molar-refractivity contribution in [3.8, 4) is 0 Å². The molecule has 1 amide bonds. The van der Waals surface area contributed by atoms with Gasteiger partial charge in [0, 0.05) is 63.3 Å². The number of hydrogen-bond donors (Lipinski definition) is 1. The highest BCUT2D eigenvalue weighted by Crippen LogP contribution is 2.37. The van der Waals surface area contributed by atoms with Crippen LogP contribution in [0.3, 0.4) is 0 Å². The van der Waals surface area contributed by atoms with Crippen LogP contribution in [-0.2, 0) is 19.6 Å². The summed E-state index contributed by atoms with van der Waals surface area (Å²) in [5, 5.41) is 7.12. The van der Waals surface area contributed by atoms with Crippen molar-refractivity contribution in [3.05, 3.63) is 89.7 Å². The molecule has 0 bridgehead atoms. The zero-order valence-electron chi connectivity index (χ0n) is 23.7. The van der Waals surface area contributed by atoms with Gasteiger partial charge in [0.15, 0.2) is 0 Å². The Morgan fingerprint density at radius 1 is 0.930 bits per heavy atom. The molecule has 0 spiro atoms. The summed E-state index contributed by atoms with van der Waals surface area (Å²) < 4.78 is 59.9. The molecule has 0 aliphatic carbocycles. The summed E-state index contributed by atoms with van der Waals surface area (Å²) in [5.41, 5.74) is 4.67. The molecule has 9 nitrogen and oxygen atoms in total. The predicted molar refractivity (Wildman–Crippen MR) is 154 cm³/mol. The third kappa shape index (κ3) is 7.52. The second-order valence-electron chi connectivity index (χ2n) is 10.5. The minimum Gasteiger partial charge on any atom is -0.475 e. The first-order valence-electron chi connectivity index (χ1n) is 13.6. The van der Waals surface area contributed by atoms with Crippen molar-refractivity contribution in [3.63, 3.8) is 0 Å². The number of carboxylic acids is 1. The van der Waals surface area contributed by atoms with Gasteiger partial charge in [0.2, 0.25) is 15.9 Å². The number of pyridine rings is 1. The third-order valence-corrected chi connectivity index (χ3v) is 9.46. The number of aliphatic carboxylic acids is 1. The fourth-order valence-electron chi connectivity index (χ4n) is 5.36. The second-order valence-corrected chi connectivity index (χ2v) is 12.5. The van der Waals surface area contributed by atoms with Crippen LogP contribution in [0.5, 0.6) is 0 Å². The molecule has 5 rings (SSSR count). The average Bonchev–Trinajstić information content (AvgIpc) is 3.45. The lowest BCUT2D eigenvalue weighted by atomic mass is 9.88. The summed E-state index contributed by atoms with van der Waals surface area (Å²) in [6.07, 6.45) is -2.16. The summed E-state index contributed by atoms with van der Waals surface area (Å²) in [5.74, 6) is -3.34. The summed E-state index contributed by atoms with van der Waals surface area (Å²) >= 11 is 0. The van der Waals surface area contributed by atoms with E-state index in [0.717, 1.165) is 18.7 Å². The maximum absolute atomic E-state index is 13.8. The first-order valence-corrected chi connectivity index (χ1v) is 15.1. The highest BCUT2D eigenvalue weighted by Gasteiger charge is 2.45. The first kappa shape index (κ1) is 32.0. The molecule has 3 heterocycles. The molecule has 0 saturated carbocycles. The highest BCUT2D eigenvalue weighted by molar-refractivity contribution is 7.89. The van der Waals surface area contributed by atoms with Gasteiger partial charge in [-0.2, -0.15) is 17.5 Å². The van der Waals surface area contributed by atoms with Crippen LogP contribution in [0, 0.1) is 19.8 Å². The van der Waals surface area contributed by atoms with Crippen LogP contribution in [0.4, 0.5) is 18.9 Å². The van der Waals surface area contributed by atoms with Gasteiger partial charge in [-0.1, -0.05) is 42.5 Å². The molecule has 2 aromatic carbocycles. The Balaban J connectivity index is 0.000000541. The quantitative estimate of drug-likeness (QED) is 0.459. The van der Waals surface area contributed by atoms with E-state index < -0.39 is 28.1 Å². The van der Waals surface area contributed by atoms with Gasteiger partial charge < -0.3 is 14.9 Å². The van der Waals surface area contributed by atoms with Crippen molar-refractivity contribution in [2.24, 2.45) is 5.92 Å². The van der Waals surface area contributed by atoms with E-state index in [9.17, 15) is 26.4 Å². The average molecular weight is 619 g/mol. The molecule has 0 unspecified atom stereocenters. The van der Waals surface area contributed by atoms with Gasteiger partial charge in [-0.05, 0) is 48.7 Å². The van der Waals surface area contributed by atoms with Crippen molar-refractivity contribution in [1.29, 1.82) is 0 Å². The maximum Gasteiger partial charge on any atom is 0.490 e. The summed E-state index contributed by atoms with van der Waals surface area (Å²) in [7, 11) is -3.74. The molecule has 1 aromatic heterocycles. The van der Waals surface area contributed by atoms with Gasteiger partial charge in [-0.15, -0.1) is 0 Å². The standard InChI is InChI=1S/C28H32N4O3S.C2HF3O2/c1-21-10-11-22(2)27(17-21)30-13-15-31(16-14-30)28(33)26-20-32(19-25(26)23-7-4-3-5-8-23)36(34,35)24-9-6-12-29-18-24;3-2(4,5)1(6)7/h3-12,17-18,25-26H,13-16,19-20H2,1-2H3;(H,6,7)/t25-,26+;/m0./s1. The van der Waals surface area contributed by atoms with Gasteiger partial charge in [0.05, 0.1) is 5.92 Å². The number of rotatable bonds is 5. The fourth-order valence-corrected chi connectivity index (χ4v) is 6.82. The summed E-state index contributed by atoms with van der Waals surface area (Å²) in [6, 6.07) is 19.4. The van der Waals surface area contributed by atoms with Crippen molar-refractivity contribution in [2.45, 2.75) is 30.8 Å². The summed E-state index contributed by atoms with van der Waals surface area (Å²) in [6.45, 7) is 7.43. The molecule has 2 atom stereocenters. The molecular formula is C30H33F3N4O5S. The Morgan fingerprint density at radius 3 is 2.16 bits per heavy atom. The second kappa shape index (κ2) is 13.1. The molecule has 1 N–H and O–H groups in total. The zero-order chi connectivity index (χ0) is 31.4. The summed E-state index contributed by atoms with van der Waals surface area (Å²) in [4.78, 5) is 31.1. The van der Waals surface area contributed by atoms with E-state index in [0.29, 0.717) is 13.1 Å². The van der Waals surface area contributed by atoms with E-state index in [1.54, 1.807) is 18.3 Å². The molecule has 2 aliphatic heterocycles. The van der Waals surface area contributed by atoms with E-state index >= 15 is 0 Å². The predicted octanol–water partition coefficient (Wildman–Crippen LogP) is 4.08. The number of halogens is 3. The number of benzene rings is 2. The van der Waals surface area contributed by atoms with Gasteiger partial charge in [0.1, 0.15) is 4.90 Å². The fraction of sp³-hybridized carbons (Fsp3) is 0.367. The normalized spacial score (nSPS) is 19.5. The SMILES string of the molecule is Cc1ccc(C)c(N2CCN(C(=O)[C@@H]3CN(S(=O)(=O)c4cccnc4)C[C@H]3c3ccccc3)CC2)c1.O=C(O)C(F)(F)F. The van der Waals surface area contributed by atoms with Crippen molar-refractivity contribution < 1.29 is 36.3 Å². The topological polar surface area (TPSA) is 111 Å². The molecule has 43 heavy (non-hydrogen) atoms. The largest absolute Gasteiger partial charge is 0.490 e. The molecule has 2 aliphatic rings. The smallest absolute Gasteiger partial charge is 0.475 e. The van der Waals surface area contributed by atoms with Gasteiger partial charge in [-0.3, -0.25) is 9.78 Å². The Hall–Kier alpha value is -3.97. The van der Waals surface area contributed by atoms with Gasteiger partial charge in [-0.25, -0.2) is 13.2 Å². The Bertz CT molecular complexity index is 1530. The van der Waals surface area contributed by atoms with Crippen LogP contribution in [0.15, 0.2) is 78.0 Å². The molecule has 3 aromatic rings. The number of hydrogen-bond acceptors (Lipinski definition) is 6. The van der Waals surface area contributed by atoms with Crippen molar-refractivity contribution in [2.75, 3.05) is 44.2 Å². The zero-order valence-corrected chi connectivity index (χ0v) is 24.6. The first-order chi connectivity index (χ1) is 20.3. The molecule has 2 saturated heterocycles. The van der Waals surface area contributed by atoms with Crippen LogP contribution in [0.2, 0.25) is 0 Å². The lowest BCUT2D eigenvalue weighted by molar-refractivity contribution is -0.192. The van der Waals surface area contributed by atoms with Crippen LogP contribution >= 0.6 is 0 Å². The van der Waals surface area contributed by atoms with E-state index in [4.69, 9.17) is 9.90 Å². The van der Waals surface area contributed by atoms with Crippen LogP contribution in [0.1, 0.15) is 22.6 Å². The molecule has 230 valence electrons. The third-order valence-electron chi connectivity index (χ3n) is 7.64. The number of aryl methyl sites for hydroxylation is 2. The number of nitrogens with zero attached hydrogens (tertiary/aromatic N) is 4. The van der Waals surface area contributed by atoms with E-state index in [1.165, 1.54) is 27.3 Å². The number of anilines is 1. The Morgan fingerprint density at radius 2 is 1.58 bits per heavy atom. The number of alkyl halides is 3. The van der Waals surface area contributed by atoms with Gasteiger partial charge >= 0.3 is 12.1 Å². The Labute approximate surface area is 248 Å². The van der Waals surface area contributed by atoms with Crippen molar-refractivity contribution in [1.82, 2.24) is 14.2 Å². The number of aromatic nitrogens is 1. The monoisotopic (exact) mass is 618 g/mol. The van der Waals surface area contributed by atoms with Gasteiger partial charge in [0.25, 0.3) is 0 Å². The lowest BCUT2D eigenvalue weighted by Gasteiger charge is -2.38.